The standard InChI is InChI=1S/C15H22O3/c1-9-7-10(2)14(13(8-9)17-4)15(16)12-5-6-18-11(12)3/h7-8,11-12,15-16H,5-6H2,1-4H3. The van der Waals surface area contributed by atoms with E-state index < -0.39 is 6.10 Å². The van der Waals surface area contributed by atoms with E-state index in [2.05, 4.69) is 6.07 Å². The van der Waals surface area contributed by atoms with Gasteiger partial charge in [-0.2, -0.15) is 0 Å². The van der Waals surface area contributed by atoms with Gasteiger partial charge in [-0.05, 0) is 44.4 Å². The topological polar surface area (TPSA) is 38.7 Å². The molecule has 0 saturated carbocycles. The first-order valence-corrected chi connectivity index (χ1v) is 6.49. The third-order valence-electron chi connectivity index (χ3n) is 3.85. The molecule has 2 rings (SSSR count). The Kier molecular flexibility index (Phi) is 3.93. The van der Waals surface area contributed by atoms with Crippen molar-refractivity contribution >= 4 is 0 Å². The van der Waals surface area contributed by atoms with E-state index in [9.17, 15) is 5.11 Å². The number of rotatable bonds is 3. The van der Waals surface area contributed by atoms with E-state index >= 15 is 0 Å². The molecule has 0 aromatic heterocycles. The number of hydrogen-bond donors (Lipinski definition) is 1. The molecule has 100 valence electrons. The summed E-state index contributed by atoms with van der Waals surface area (Å²) < 4.78 is 11.0. The Morgan fingerprint density at radius 1 is 1.39 bits per heavy atom. The molecule has 3 unspecified atom stereocenters. The Morgan fingerprint density at radius 3 is 2.67 bits per heavy atom. The smallest absolute Gasteiger partial charge is 0.125 e. The van der Waals surface area contributed by atoms with Crippen molar-refractivity contribution in [1.29, 1.82) is 0 Å². The molecule has 1 N–H and O–H groups in total. The van der Waals surface area contributed by atoms with E-state index in [1.54, 1.807) is 7.11 Å². The van der Waals surface area contributed by atoms with Crippen LogP contribution in [0.3, 0.4) is 0 Å². The number of aryl methyl sites for hydroxylation is 2. The summed E-state index contributed by atoms with van der Waals surface area (Å²) in [4.78, 5) is 0. The van der Waals surface area contributed by atoms with Crippen LogP contribution in [0.5, 0.6) is 5.75 Å². The van der Waals surface area contributed by atoms with E-state index in [0.29, 0.717) is 0 Å². The van der Waals surface area contributed by atoms with Crippen LogP contribution >= 0.6 is 0 Å². The molecule has 1 aromatic carbocycles. The zero-order valence-corrected chi connectivity index (χ0v) is 11.6. The van der Waals surface area contributed by atoms with Gasteiger partial charge in [0.15, 0.2) is 0 Å². The number of ether oxygens (including phenoxy) is 2. The van der Waals surface area contributed by atoms with Crippen molar-refractivity contribution < 1.29 is 14.6 Å². The second-order valence-electron chi connectivity index (χ2n) is 5.17. The third kappa shape index (κ3) is 2.38. The summed E-state index contributed by atoms with van der Waals surface area (Å²) in [6.07, 6.45) is 0.488. The van der Waals surface area contributed by atoms with Crippen molar-refractivity contribution in [3.05, 3.63) is 28.8 Å². The van der Waals surface area contributed by atoms with Crippen molar-refractivity contribution in [1.82, 2.24) is 0 Å². The van der Waals surface area contributed by atoms with E-state index in [4.69, 9.17) is 9.47 Å². The number of aliphatic hydroxyl groups is 1. The Morgan fingerprint density at radius 2 is 2.11 bits per heavy atom. The van der Waals surface area contributed by atoms with Crippen LogP contribution in [0.1, 0.15) is 36.1 Å². The summed E-state index contributed by atoms with van der Waals surface area (Å²) >= 11 is 0. The van der Waals surface area contributed by atoms with E-state index in [0.717, 1.165) is 35.5 Å². The summed E-state index contributed by atoms with van der Waals surface area (Å²) in [5.74, 6) is 0.930. The fraction of sp³-hybridized carbons (Fsp3) is 0.600. The third-order valence-corrected chi connectivity index (χ3v) is 3.85. The largest absolute Gasteiger partial charge is 0.496 e. The van der Waals surface area contributed by atoms with Crippen molar-refractivity contribution in [2.45, 2.75) is 39.4 Å². The molecule has 3 atom stereocenters. The van der Waals surface area contributed by atoms with Crippen molar-refractivity contribution in [3.63, 3.8) is 0 Å². The number of methoxy groups -OCH3 is 1. The minimum atomic E-state index is -0.516. The van der Waals surface area contributed by atoms with Crippen LogP contribution in [-0.4, -0.2) is 24.9 Å². The molecule has 3 heteroatoms. The van der Waals surface area contributed by atoms with Gasteiger partial charge in [-0.15, -0.1) is 0 Å². The second kappa shape index (κ2) is 5.29. The molecule has 1 aromatic rings. The summed E-state index contributed by atoms with van der Waals surface area (Å²) in [6.45, 7) is 6.81. The van der Waals surface area contributed by atoms with Gasteiger partial charge in [-0.3, -0.25) is 0 Å². The van der Waals surface area contributed by atoms with Crippen LogP contribution in [0.4, 0.5) is 0 Å². The first-order valence-electron chi connectivity index (χ1n) is 6.49. The average Bonchev–Trinajstić information content (AvgIpc) is 2.73. The van der Waals surface area contributed by atoms with E-state index in [1.165, 1.54) is 0 Å². The molecule has 0 bridgehead atoms. The number of hydrogen-bond acceptors (Lipinski definition) is 3. The lowest BCUT2D eigenvalue weighted by Gasteiger charge is -2.25. The van der Waals surface area contributed by atoms with Gasteiger partial charge in [0.25, 0.3) is 0 Å². The van der Waals surface area contributed by atoms with Crippen molar-refractivity contribution in [3.8, 4) is 5.75 Å². The zero-order chi connectivity index (χ0) is 13.3. The van der Waals surface area contributed by atoms with Gasteiger partial charge < -0.3 is 14.6 Å². The molecule has 18 heavy (non-hydrogen) atoms. The van der Waals surface area contributed by atoms with Crippen LogP contribution in [-0.2, 0) is 4.74 Å². The number of benzene rings is 1. The van der Waals surface area contributed by atoms with Crippen LogP contribution in [0.25, 0.3) is 0 Å². The summed E-state index contributed by atoms with van der Waals surface area (Å²) in [7, 11) is 1.65. The maximum absolute atomic E-state index is 10.6. The molecule has 1 aliphatic rings. The molecule has 1 heterocycles. The second-order valence-corrected chi connectivity index (χ2v) is 5.17. The Balaban J connectivity index is 2.37. The monoisotopic (exact) mass is 250 g/mol. The predicted octanol–water partition coefficient (Wildman–Crippen LogP) is 2.77. The van der Waals surface area contributed by atoms with Gasteiger partial charge in [0.2, 0.25) is 0 Å². The van der Waals surface area contributed by atoms with Gasteiger partial charge >= 0.3 is 0 Å². The molecule has 0 amide bonds. The Hall–Kier alpha value is -1.06. The summed E-state index contributed by atoms with van der Waals surface area (Å²) in [5.41, 5.74) is 3.14. The molecule has 0 aliphatic carbocycles. The molecule has 1 aliphatic heterocycles. The van der Waals surface area contributed by atoms with Crippen LogP contribution in [0.15, 0.2) is 12.1 Å². The first kappa shape index (κ1) is 13.4. The minimum Gasteiger partial charge on any atom is -0.496 e. The molecule has 3 nitrogen and oxygen atoms in total. The lowest BCUT2D eigenvalue weighted by Crippen LogP contribution is -2.21. The summed E-state index contributed by atoms with van der Waals surface area (Å²) in [6, 6.07) is 4.06. The van der Waals surface area contributed by atoms with Gasteiger partial charge in [-0.1, -0.05) is 6.07 Å². The maximum atomic E-state index is 10.6. The maximum Gasteiger partial charge on any atom is 0.125 e. The Labute approximate surface area is 109 Å². The molecule has 0 radical (unpaired) electrons. The molecule has 1 saturated heterocycles. The van der Waals surface area contributed by atoms with Gasteiger partial charge in [0.05, 0.1) is 19.3 Å². The van der Waals surface area contributed by atoms with E-state index in [1.807, 2.05) is 26.8 Å². The predicted molar refractivity (Wildman–Crippen MR) is 70.9 cm³/mol. The highest BCUT2D eigenvalue weighted by Gasteiger charge is 2.33. The normalized spacial score (nSPS) is 25.2. The highest BCUT2D eigenvalue weighted by Crippen LogP contribution is 2.39. The van der Waals surface area contributed by atoms with Crippen LogP contribution in [0, 0.1) is 19.8 Å². The SMILES string of the molecule is COc1cc(C)cc(C)c1C(O)C1CCOC1C. The molecular formula is C15H22O3. The molecule has 0 spiro atoms. The fourth-order valence-electron chi connectivity index (χ4n) is 2.86. The minimum absolute atomic E-state index is 0.102. The van der Waals surface area contributed by atoms with Crippen LogP contribution < -0.4 is 4.74 Å². The fourth-order valence-corrected chi connectivity index (χ4v) is 2.86. The zero-order valence-electron chi connectivity index (χ0n) is 11.6. The van der Waals surface area contributed by atoms with Crippen molar-refractivity contribution in [2.24, 2.45) is 5.92 Å². The molecule has 1 fully saturated rings. The summed E-state index contributed by atoms with van der Waals surface area (Å²) in [5, 5.41) is 10.6. The highest BCUT2D eigenvalue weighted by atomic mass is 16.5. The lowest BCUT2D eigenvalue weighted by molar-refractivity contribution is 0.0417. The van der Waals surface area contributed by atoms with Crippen LogP contribution in [0.2, 0.25) is 0 Å². The Bertz CT molecular complexity index is 428. The van der Waals surface area contributed by atoms with Gasteiger partial charge in [0.1, 0.15) is 5.75 Å². The van der Waals surface area contributed by atoms with E-state index in [-0.39, 0.29) is 12.0 Å². The van der Waals surface area contributed by atoms with Gasteiger partial charge in [-0.25, -0.2) is 0 Å². The highest BCUT2D eigenvalue weighted by molar-refractivity contribution is 5.44. The average molecular weight is 250 g/mol. The van der Waals surface area contributed by atoms with Crippen molar-refractivity contribution in [2.75, 3.05) is 13.7 Å². The molecular weight excluding hydrogens is 228 g/mol. The quantitative estimate of drug-likeness (QED) is 0.896. The van der Waals surface area contributed by atoms with Gasteiger partial charge in [0, 0.05) is 18.1 Å². The number of aliphatic hydroxyl groups excluding tert-OH is 1. The lowest BCUT2D eigenvalue weighted by atomic mass is 9.87. The first-order chi connectivity index (χ1) is 8.54.